The lowest BCUT2D eigenvalue weighted by molar-refractivity contribution is -0.136. The zero-order chi connectivity index (χ0) is 14.8. The normalized spacial score (nSPS) is 15.2. The van der Waals surface area contributed by atoms with E-state index in [1.54, 1.807) is 0 Å². The van der Waals surface area contributed by atoms with Crippen LogP contribution < -0.4 is 0 Å². The first-order valence-electron chi connectivity index (χ1n) is 6.14. The molecule has 0 atom stereocenters. The molecule has 8 heteroatoms. The lowest BCUT2D eigenvalue weighted by Gasteiger charge is -2.19. The summed E-state index contributed by atoms with van der Waals surface area (Å²) in [6.45, 7) is 0.190. The molecule has 1 aromatic heterocycles. The summed E-state index contributed by atoms with van der Waals surface area (Å²) < 4.78 is 26.5. The van der Waals surface area contributed by atoms with E-state index in [1.807, 2.05) is 6.07 Å². The Morgan fingerprint density at radius 3 is 2.75 bits per heavy atom. The van der Waals surface area contributed by atoms with Gasteiger partial charge in [0, 0.05) is 23.9 Å². The molecule has 1 aliphatic carbocycles. The molecule has 1 fully saturated rings. The molecule has 0 spiro atoms. The van der Waals surface area contributed by atoms with Crippen LogP contribution >= 0.6 is 11.3 Å². The van der Waals surface area contributed by atoms with Crippen molar-refractivity contribution in [2.45, 2.75) is 35.9 Å². The van der Waals surface area contributed by atoms with Crippen molar-refractivity contribution in [1.82, 2.24) is 4.31 Å². The maximum atomic E-state index is 12.5. The molecular formula is C12H14N2O4S2. The molecule has 0 aromatic carbocycles. The predicted octanol–water partition coefficient (Wildman–Crippen LogP) is 1.44. The predicted molar refractivity (Wildman–Crippen MR) is 72.8 cm³/mol. The summed E-state index contributed by atoms with van der Waals surface area (Å²) in [4.78, 5) is 11.1. The SMILES string of the molecule is N#CCCN(C1CC1)S(=O)(=O)c1ccc(CC(=O)O)s1. The zero-order valence-corrected chi connectivity index (χ0v) is 12.3. The molecule has 1 aromatic rings. The van der Waals surface area contributed by atoms with Crippen molar-refractivity contribution < 1.29 is 18.3 Å². The fourth-order valence-electron chi connectivity index (χ4n) is 1.88. The number of nitriles is 1. The fraction of sp³-hybridized carbons (Fsp3) is 0.500. The average molecular weight is 314 g/mol. The second kappa shape index (κ2) is 5.91. The van der Waals surface area contributed by atoms with Gasteiger partial charge in [-0.25, -0.2) is 8.42 Å². The van der Waals surface area contributed by atoms with Crippen molar-refractivity contribution in [3.8, 4) is 6.07 Å². The Hall–Kier alpha value is -1.43. The van der Waals surface area contributed by atoms with Crippen LogP contribution in [0.3, 0.4) is 0 Å². The van der Waals surface area contributed by atoms with E-state index >= 15 is 0 Å². The number of hydrogen-bond acceptors (Lipinski definition) is 5. The van der Waals surface area contributed by atoms with Gasteiger partial charge in [0.25, 0.3) is 10.0 Å². The first-order chi connectivity index (χ1) is 9.45. The molecule has 0 radical (unpaired) electrons. The molecule has 20 heavy (non-hydrogen) atoms. The topological polar surface area (TPSA) is 98.5 Å². The molecule has 0 saturated heterocycles. The van der Waals surface area contributed by atoms with Crippen LogP contribution in [0.2, 0.25) is 0 Å². The van der Waals surface area contributed by atoms with Crippen molar-refractivity contribution in [3.63, 3.8) is 0 Å². The molecular weight excluding hydrogens is 300 g/mol. The molecule has 1 heterocycles. The second-order valence-corrected chi connectivity index (χ2v) is 7.83. The fourth-order valence-corrected chi connectivity index (χ4v) is 5.04. The molecule has 1 saturated carbocycles. The van der Waals surface area contributed by atoms with Crippen LogP contribution in [0.1, 0.15) is 24.1 Å². The van der Waals surface area contributed by atoms with Crippen LogP contribution in [0.5, 0.6) is 0 Å². The van der Waals surface area contributed by atoms with Crippen molar-refractivity contribution in [2.24, 2.45) is 0 Å². The summed E-state index contributed by atoms with van der Waals surface area (Å²) >= 11 is 0.982. The number of rotatable bonds is 7. The molecule has 108 valence electrons. The largest absolute Gasteiger partial charge is 0.481 e. The molecule has 0 amide bonds. The van der Waals surface area contributed by atoms with Crippen molar-refractivity contribution in [2.75, 3.05) is 6.54 Å². The van der Waals surface area contributed by atoms with E-state index in [2.05, 4.69) is 0 Å². The minimum absolute atomic E-state index is 0.0154. The molecule has 6 nitrogen and oxygen atoms in total. The van der Waals surface area contributed by atoms with Gasteiger partial charge in [0.15, 0.2) is 0 Å². The third kappa shape index (κ3) is 3.36. The van der Waals surface area contributed by atoms with Gasteiger partial charge in [-0.15, -0.1) is 11.3 Å². The van der Waals surface area contributed by atoms with Crippen LogP contribution in [0.4, 0.5) is 0 Å². The van der Waals surface area contributed by atoms with Gasteiger partial charge in [-0.05, 0) is 25.0 Å². The molecule has 0 aliphatic heterocycles. The summed E-state index contributed by atoms with van der Waals surface area (Å²) in [7, 11) is -3.62. The molecule has 0 unspecified atom stereocenters. The van der Waals surface area contributed by atoms with Crippen LogP contribution in [-0.4, -0.2) is 36.4 Å². The van der Waals surface area contributed by atoms with E-state index in [0.717, 1.165) is 24.2 Å². The highest BCUT2D eigenvalue weighted by molar-refractivity contribution is 7.91. The summed E-state index contributed by atoms with van der Waals surface area (Å²) in [6.07, 6.45) is 1.61. The smallest absolute Gasteiger partial charge is 0.308 e. The van der Waals surface area contributed by atoms with Crippen molar-refractivity contribution in [3.05, 3.63) is 17.0 Å². The van der Waals surface area contributed by atoms with Gasteiger partial charge in [0.05, 0.1) is 12.5 Å². The van der Waals surface area contributed by atoms with Crippen LogP contribution in [0.15, 0.2) is 16.3 Å². The Labute approximate surface area is 121 Å². The standard InChI is InChI=1S/C12H14N2O4S2/c13-6-1-7-14(9-2-3-9)20(17,18)12-5-4-10(19-12)8-11(15)16/h4-5,9H,1-3,7-8H2,(H,15,16). The third-order valence-corrected chi connectivity index (χ3v) is 6.43. The van der Waals surface area contributed by atoms with Crippen LogP contribution in [0, 0.1) is 11.3 Å². The van der Waals surface area contributed by atoms with E-state index in [-0.39, 0.29) is 29.6 Å². The average Bonchev–Trinajstić information content (AvgIpc) is 3.08. The number of carbonyl (C=O) groups is 1. The van der Waals surface area contributed by atoms with Gasteiger partial charge in [-0.1, -0.05) is 0 Å². The second-order valence-electron chi connectivity index (χ2n) is 4.55. The lowest BCUT2D eigenvalue weighted by atomic mass is 10.3. The monoisotopic (exact) mass is 314 g/mol. The maximum Gasteiger partial charge on any atom is 0.308 e. The first-order valence-corrected chi connectivity index (χ1v) is 8.40. The molecule has 2 rings (SSSR count). The number of carboxylic acids is 1. The number of carboxylic acid groups (broad SMARTS) is 1. The Bertz CT molecular complexity index is 641. The number of sulfonamides is 1. The van der Waals surface area contributed by atoms with Gasteiger partial charge < -0.3 is 5.11 Å². The van der Waals surface area contributed by atoms with Crippen LogP contribution in [0.25, 0.3) is 0 Å². The quantitative estimate of drug-likeness (QED) is 0.821. The molecule has 1 N–H and O–H groups in total. The van der Waals surface area contributed by atoms with Crippen LogP contribution in [-0.2, 0) is 21.2 Å². The Morgan fingerprint density at radius 1 is 1.50 bits per heavy atom. The van der Waals surface area contributed by atoms with Gasteiger partial charge in [0.2, 0.25) is 0 Å². The first kappa shape index (κ1) is 15.0. The summed E-state index contributed by atoms with van der Waals surface area (Å²) in [6, 6.07) is 4.91. The highest BCUT2D eigenvalue weighted by atomic mass is 32.2. The van der Waals surface area contributed by atoms with Gasteiger partial charge in [-0.3, -0.25) is 4.79 Å². The number of aliphatic carboxylic acids is 1. The highest BCUT2D eigenvalue weighted by Gasteiger charge is 2.38. The maximum absolute atomic E-state index is 12.5. The number of nitrogens with zero attached hydrogens (tertiary/aromatic N) is 2. The minimum atomic E-state index is -3.62. The van der Waals surface area contributed by atoms with Gasteiger partial charge >= 0.3 is 5.97 Å². The van der Waals surface area contributed by atoms with E-state index in [0.29, 0.717) is 4.88 Å². The number of thiophene rings is 1. The van der Waals surface area contributed by atoms with Crippen molar-refractivity contribution in [1.29, 1.82) is 5.26 Å². The Balaban J connectivity index is 2.21. The van der Waals surface area contributed by atoms with E-state index in [9.17, 15) is 13.2 Å². The summed E-state index contributed by atoms with van der Waals surface area (Å²) in [5, 5.41) is 17.3. The third-order valence-electron chi connectivity index (χ3n) is 2.92. The van der Waals surface area contributed by atoms with E-state index in [1.165, 1.54) is 16.4 Å². The van der Waals surface area contributed by atoms with E-state index < -0.39 is 16.0 Å². The Kier molecular flexibility index (Phi) is 4.42. The van der Waals surface area contributed by atoms with E-state index in [4.69, 9.17) is 10.4 Å². The van der Waals surface area contributed by atoms with Gasteiger partial charge in [0.1, 0.15) is 4.21 Å². The lowest BCUT2D eigenvalue weighted by Crippen LogP contribution is -2.33. The Morgan fingerprint density at radius 2 is 2.20 bits per heavy atom. The molecule has 0 bridgehead atoms. The zero-order valence-electron chi connectivity index (χ0n) is 10.7. The number of hydrogen-bond donors (Lipinski definition) is 1. The summed E-state index contributed by atoms with van der Waals surface area (Å²) in [5.41, 5.74) is 0. The highest BCUT2D eigenvalue weighted by Crippen LogP contribution is 2.34. The minimum Gasteiger partial charge on any atom is -0.481 e. The van der Waals surface area contributed by atoms with Crippen molar-refractivity contribution >= 4 is 27.3 Å². The van der Waals surface area contributed by atoms with Gasteiger partial charge in [-0.2, -0.15) is 9.57 Å². The summed E-state index contributed by atoms with van der Waals surface area (Å²) in [5.74, 6) is -0.987. The molecule has 1 aliphatic rings.